The fraction of sp³-hybridized carbons (Fsp3) is 0.182. The molecule has 0 aliphatic carbocycles. The van der Waals surface area contributed by atoms with Crippen LogP contribution in [0.1, 0.15) is 23.2 Å². The number of thiazole rings is 1. The fourth-order valence-corrected chi connectivity index (χ4v) is 3.95. The zero-order chi connectivity index (χ0) is 21.8. The van der Waals surface area contributed by atoms with Crippen molar-refractivity contribution in [2.24, 2.45) is 0 Å². The number of hydrogen-bond acceptors (Lipinski definition) is 7. The minimum Gasteiger partial charge on any atom is -0.497 e. The number of rotatable bonds is 8. The molecule has 2 aromatic carbocycles. The quantitative estimate of drug-likeness (QED) is 0.418. The summed E-state index contributed by atoms with van der Waals surface area (Å²) in [5.41, 5.74) is 2.28. The van der Waals surface area contributed by atoms with Crippen LogP contribution in [0.25, 0.3) is 16.2 Å². The molecular formula is C22H20N4O4S. The van der Waals surface area contributed by atoms with Crippen LogP contribution in [0.3, 0.4) is 0 Å². The average Bonchev–Trinajstić information content (AvgIpc) is 3.37. The highest BCUT2D eigenvalue weighted by Gasteiger charge is 2.16. The van der Waals surface area contributed by atoms with Crippen LogP contribution >= 0.6 is 11.3 Å². The summed E-state index contributed by atoms with van der Waals surface area (Å²) in [5, 5.41) is 9.02. The topological polar surface area (TPSA) is 94.8 Å². The Morgan fingerprint density at radius 3 is 2.55 bits per heavy atom. The Labute approximate surface area is 182 Å². The second-order valence-corrected chi connectivity index (χ2v) is 7.49. The number of para-hydroxylation sites is 1. The summed E-state index contributed by atoms with van der Waals surface area (Å²) in [5.74, 6) is 0.983. The molecule has 0 bridgehead atoms. The molecule has 0 aliphatic rings. The van der Waals surface area contributed by atoms with E-state index in [2.05, 4.69) is 15.4 Å². The summed E-state index contributed by atoms with van der Waals surface area (Å²) < 4.78 is 12.1. The Hall–Kier alpha value is -3.72. The SMILES string of the molecule is COc1ccc(-c2csc3nc(NC(=O)CCC(=O)c4ccccc4OC)nn23)cc1. The van der Waals surface area contributed by atoms with Gasteiger partial charge in [0.25, 0.3) is 0 Å². The van der Waals surface area contributed by atoms with Gasteiger partial charge in [0, 0.05) is 23.8 Å². The second kappa shape index (κ2) is 8.97. The maximum atomic E-state index is 12.4. The highest BCUT2D eigenvalue weighted by atomic mass is 32.1. The van der Waals surface area contributed by atoms with Crippen LogP contribution in [-0.2, 0) is 4.79 Å². The third kappa shape index (κ3) is 4.41. The molecule has 8 nitrogen and oxygen atoms in total. The molecule has 9 heteroatoms. The van der Waals surface area contributed by atoms with Gasteiger partial charge in [-0.15, -0.1) is 16.4 Å². The number of nitrogens with zero attached hydrogens (tertiary/aromatic N) is 3. The first-order chi connectivity index (χ1) is 15.1. The maximum Gasteiger partial charge on any atom is 0.250 e. The molecule has 31 heavy (non-hydrogen) atoms. The van der Waals surface area contributed by atoms with Gasteiger partial charge in [0.15, 0.2) is 5.78 Å². The predicted molar refractivity (Wildman–Crippen MR) is 118 cm³/mol. The lowest BCUT2D eigenvalue weighted by Crippen LogP contribution is -2.15. The van der Waals surface area contributed by atoms with Gasteiger partial charge in [0.2, 0.25) is 16.8 Å². The lowest BCUT2D eigenvalue weighted by molar-refractivity contribution is -0.116. The number of Topliss-reactive ketones (excluding diaryl/α,β-unsaturated/α-hetero) is 1. The van der Waals surface area contributed by atoms with Crippen molar-refractivity contribution in [1.82, 2.24) is 14.6 Å². The Morgan fingerprint density at radius 1 is 1.03 bits per heavy atom. The molecule has 0 spiro atoms. The van der Waals surface area contributed by atoms with Crippen molar-refractivity contribution in [3.8, 4) is 22.8 Å². The highest BCUT2D eigenvalue weighted by Crippen LogP contribution is 2.27. The monoisotopic (exact) mass is 436 g/mol. The number of aromatic nitrogens is 3. The van der Waals surface area contributed by atoms with Gasteiger partial charge in [0.05, 0.1) is 25.5 Å². The lowest BCUT2D eigenvalue weighted by atomic mass is 10.1. The largest absolute Gasteiger partial charge is 0.497 e. The number of fused-ring (bicyclic) bond motifs is 1. The number of ether oxygens (including phenoxy) is 2. The minimum absolute atomic E-state index is 0.0229. The van der Waals surface area contributed by atoms with Crippen LogP contribution in [-0.4, -0.2) is 40.5 Å². The number of hydrogen-bond donors (Lipinski definition) is 1. The first kappa shape index (κ1) is 20.5. The first-order valence-corrected chi connectivity index (χ1v) is 10.4. The molecule has 0 saturated heterocycles. The molecule has 0 fully saturated rings. The van der Waals surface area contributed by atoms with Gasteiger partial charge in [-0.25, -0.2) is 4.52 Å². The minimum atomic E-state index is -0.326. The van der Waals surface area contributed by atoms with Crippen LogP contribution in [0.5, 0.6) is 11.5 Å². The number of anilines is 1. The molecule has 2 aromatic heterocycles. The second-order valence-electron chi connectivity index (χ2n) is 6.65. The number of ketones is 1. The van der Waals surface area contributed by atoms with Crippen molar-refractivity contribution in [1.29, 1.82) is 0 Å². The molecule has 4 rings (SSSR count). The summed E-state index contributed by atoms with van der Waals surface area (Å²) in [6.45, 7) is 0. The Balaban J connectivity index is 1.42. The van der Waals surface area contributed by atoms with Gasteiger partial charge in [-0.1, -0.05) is 12.1 Å². The molecule has 0 saturated carbocycles. The van der Waals surface area contributed by atoms with Crippen molar-refractivity contribution >= 4 is 33.9 Å². The lowest BCUT2D eigenvalue weighted by Gasteiger charge is -2.06. The van der Waals surface area contributed by atoms with E-state index in [1.165, 1.54) is 18.4 Å². The van der Waals surface area contributed by atoms with E-state index in [9.17, 15) is 9.59 Å². The molecule has 1 N–H and O–H groups in total. The van der Waals surface area contributed by atoms with E-state index in [1.54, 1.807) is 35.9 Å². The third-order valence-electron chi connectivity index (χ3n) is 4.71. The number of amides is 1. The molecule has 0 unspecified atom stereocenters. The van der Waals surface area contributed by atoms with Gasteiger partial charge >= 0.3 is 0 Å². The zero-order valence-corrected chi connectivity index (χ0v) is 17.8. The van der Waals surface area contributed by atoms with E-state index in [-0.39, 0.29) is 30.5 Å². The first-order valence-electron chi connectivity index (χ1n) is 9.54. The van der Waals surface area contributed by atoms with E-state index in [1.807, 2.05) is 29.6 Å². The van der Waals surface area contributed by atoms with Gasteiger partial charge in [-0.2, -0.15) is 4.98 Å². The number of carbonyl (C=O) groups is 2. The van der Waals surface area contributed by atoms with E-state index < -0.39 is 0 Å². The smallest absolute Gasteiger partial charge is 0.250 e. The summed E-state index contributed by atoms with van der Waals surface area (Å²) in [7, 11) is 3.13. The Bertz CT molecular complexity index is 1230. The summed E-state index contributed by atoms with van der Waals surface area (Å²) in [4.78, 5) is 29.8. The van der Waals surface area contributed by atoms with Gasteiger partial charge in [-0.3, -0.25) is 14.9 Å². The van der Waals surface area contributed by atoms with Crippen LogP contribution in [0.4, 0.5) is 5.95 Å². The van der Waals surface area contributed by atoms with Crippen molar-refractivity contribution < 1.29 is 19.1 Å². The molecule has 2 heterocycles. The molecule has 0 radical (unpaired) electrons. The number of nitrogens with one attached hydrogen (secondary N) is 1. The van der Waals surface area contributed by atoms with E-state index in [0.717, 1.165) is 17.0 Å². The number of carbonyl (C=O) groups excluding carboxylic acids is 2. The highest BCUT2D eigenvalue weighted by molar-refractivity contribution is 7.15. The molecule has 158 valence electrons. The summed E-state index contributed by atoms with van der Waals surface area (Å²) in [6, 6.07) is 14.6. The Morgan fingerprint density at radius 2 is 1.81 bits per heavy atom. The molecule has 0 atom stereocenters. The van der Waals surface area contributed by atoms with Gasteiger partial charge < -0.3 is 9.47 Å². The average molecular weight is 436 g/mol. The number of methoxy groups -OCH3 is 2. The van der Waals surface area contributed by atoms with E-state index in [0.29, 0.717) is 16.3 Å². The third-order valence-corrected chi connectivity index (χ3v) is 5.52. The van der Waals surface area contributed by atoms with Crippen molar-refractivity contribution in [3.63, 3.8) is 0 Å². The summed E-state index contributed by atoms with van der Waals surface area (Å²) >= 11 is 1.43. The molecule has 1 amide bonds. The fourth-order valence-electron chi connectivity index (χ4n) is 3.12. The van der Waals surface area contributed by atoms with Crippen LogP contribution < -0.4 is 14.8 Å². The van der Waals surface area contributed by atoms with Crippen molar-refractivity contribution in [3.05, 3.63) is 59.5 Å². The Kier molecular flexibility index (Phi) is 5.94. The van der Waals surface area contributed by atoms with E-state index >= 15 is 0 Å². The van der Waals surface area contributed by atoms with Crippen molar-refractivity contribution in [2.75, 3.05) is 19.5 Å². The van der Waals surface area contributed by atoms with Crippen LogP contribution in [0.15, 0.2) is 53.9 Å². The zero-order valence-electron chi connectivity index (χ0n) is 17.0. The summed E-state index contributed by atoms with van der Waals surface area (Å²) in [6.07, 6.45) is 0.0839. The van der Waals surface area contributed by atoms with Crippen LogP contribution in [0, 0.1) is 0 Å². The number of benzene rings is 2. The normalized spacial score (nSPS) is 10.8. The maximum absolute atomic E-state index is 12.4. The predicted octanol–water partition coefficient (Wildman–Crippen LogP) is 4.08. The van der Waals surface area contributed by atoms with Gasteiger partial charge in [-0.05, 0) is 36.4 Å². The molecule has 4 aromatic rings. The standard InChI is InChI=1S/C22H20N4O4S/c1-29-15-9-7-14(8-10-15)17-13-31-22-24-21(25-26(17)22)23-20(28)12-11-18(27)16-5-3-4-6-19(16)30-2/h3-10,13H,11-12H2,1-2H3,(H,23,25,28). The molecular weight excluding hydrogens is 416 g/mol. The van der Waals surface area contributed by atoms with Crippen molar-refractivity contribution in [2.45, 2.75) is 12.8 Å². The van der Waals surface area contributed by atoms with E-state index in [4.69, 9.17) is 9.47 Å². The molecule has 0 aliphatic heterocycles. The van der Waals surface area contributed by atoms with Gasteiger partial charge in [0.1, 0.15) is 11.5 Å². The van der Waals surface area contributed by atoms with Crippen LogP contribution in [0.2, 0.25) is 0 Å².